The molecular formula is C6H19N5. The highest BCUT2D eigenvalue weighted by Crippen LogP contribution is 1.52. The fourth-order valence-corrected chi connectivity index (χ4v) is 0.587. The van der Waals surface area contributed by atoms with Crippen LogP contribution in [0, 0.1) is 0 Å². The van der Waals surface area contributed by atoms with Gasteiger partial charge in [-0.2, -0.15) is 0 Å². The second-order valence-corrected chi connectivity index (χ2v) is 2.09. The van der Waals surface area contributed by atoms with Crippen molar-refractivity contribution < 1.29 is 0 Å². The van der Waals surface area contributed by atoms with Gasteiger partial charge in [-0.05, 0) is 6.54 Å². The van der Waals surface area contributed by atoms with Crippen molar-refractivity contribution in [1.82, 2.24) is 21.3 Å². The number of hydrogen-bond donors (Lipinski definition) is 5. The quantitative estimate of drug-likeness (QED) is 0.213. The van der Waals surface area contributed by atoms with Crippen LogP contribution in [0.15, 0.2) is 0 Å². The van der Waals surface area contributed by atoms with Crippen LogP contribution in [0.1, 0.15) is 6.92 Å². The molecule has 0 fully saturated rings. The number of nitrogens with one attached hydrogen (secondary N) is 4. The van der Waals surface area contributed by atoms with E-state index in [1.54, 1.807) is 0 Å². The van der Waals surface area contributed by atoms with Crippen LogP contribution in [-0.4, -0.2) is 33.2 Å². The van der Waals surface area contributed by atoms with Crippen LogP contribution in [0.25, 0.3) is 0 Å². The van der Waals surface area contributed by atoms with Gasteiger partial charge in [0.15, 0.2) is 0 Å². The van der Waals surface area contributed by atoms with Crippen molar-refractivity contribution in [3.05, 3.63) is 0 Å². The fourth-order valence-electron chi connectivity index (χ4n) is 0.587. The van der Waals surface area contributed by atoms with Crippen molar-refractivity contribution in [2.24, 2.45) is 5.73 Å². The number of nitrogens with two attached hydrogens (primary N) is 1. The van der Waals surface area contributed by atoms with E-state index in [9.17, 15) is 0 Å². The van der Waals surface area contributed by atoms with Gasteiger partial charge < -0.3 is 11.1 Å². The molecule has 11 heavy (non-hydrogen) atoms. The van der Waals surface area contributed by atoms with Crippen molar-refractivity contribution >= 4 is 0 Å². The lowest BCUT2D eigenvalue weighted by Crippen LogP contribution is -2.40. The molecule has 0 aromatic carbocycles. The van der Waals surface area contributed by atoms with Crippen LogP contribution in [-0.2, 0) is 0 Å². The Kier molecular flexibility index (Phi) is 9.62. The Morgan fingerprint density at radius 1 is 0.909 bits per heavy atom. The molecule has 0 aliphatic heterocycles. The van der Waals surface area contributed by atoms with Crippen LogP contribution in [0.5, 0.6) is 0 Å². The van der Waals surface area contributed by atoms with Crippen LogP contribution in [0.3, 0.4) is 0 Å². The molecule has 68 valence electrons. The van der Waals surface area contributed by atoms with Gasteiger partial charge in [0.1, 0.15) is 0 Å². The molecule has 0 bridgehead atoms. The first kappa shape index (κ1) is 10.8. The van der Waals surface area contributed by atoms with E-state index in [1.807, 2.05) is 0 Å². The first-order valence-corrected chi connectivity index (χ1v) is 3.94. The number of hydrogen-bond acceptors (Lipinski definition) is 5. The summed E-state index contributed by atoms with van der Waals surface area (Å²) in [6.07, 6.45) is 0. The second-order valence-electron chi connectivity index (χ2n) is 2.09. The molecule has 5 nitrogen and oxygen atoms in total. The van der Waals surface area contributed by atoms with Crippen LogP contribution in [0.4, 0.5) is 0 Å². The normalized spacial score (nSPS) is 10.4. The van der Waals surface area contributed by atoms with Crippen molar-refractivity contribution in [3.63, 3.8) is 0 Å². The molecule has 0 atom stereocenters. The summed E-state index contributed by atoms with van der Waals surface area (Å²) in [5.74, 6) is 0. The monoisotopic (exact) mass is 161 g/mol. The number of rotatable bonds is 8. The van der Waals surface area contributed by atoms with Gasteiger partial charge in [0, 0.05) is 26.7 Å². The van der Waals surface area contributed by atoms with Crippen LogP contribution >= 0.6 is 0 Å². The summed E-state index contributed by atoms with van der Waals surface area (Å²) in [6.45, 7) is 5.96. The van der Waals surface area contributed by atoms with E-state index in [0.29, 0.717) is 6.67 Å². The standard InChI is InChI=1S/C6H19N5/c1-2-8-4-10-6-11-5-9-3-7/h8-11H,2-7H2,1H3. The predicted molar refractivity (Wildman–Crippen MR) is 46.7 cm³/mol. The molecule has 0 unspecified atom stereocenters. The topological polar surface area (TPSA) is 74.1 Å². The lowest BCUT2D eigenvalue weighted by molar-refractivity contribution is 0.515. The molecule has 0 amide bonds. The van der Waals surface area contributed by atoms with Crippen LogP contribution < -0.4 is 27.0 Å². The Bertz CT molecular complexity index is 60.0. The van der Waals surface area contributed by atoms with E-state index < -0.39 is 0 Å². The van der Waals surface area contributed by atoms with E-state index in [2.05, 4.69) is 28.2 Å². The molecule has 0 aromatic rings. The Balaban J connectivity index is 2.69. The summed E-state index contributed by atoms with van der Waals surface area (Å²) < 4.78 is 0. The molecule has 0 rings (SSSR count). The first-order chi connectivity index (χ1) is 5.41. The molecule has 0 saturated heterocycles. The van der Waals surface area contributed by atoms with Crippen molar-refractivity contribution in [2.45, 2.75) is 6.92 Å². The summed E-state index contributed by atoms with van der Waals surface area (Å²) in [5.41, 5.74) is 5.21. The fraction of sp³-hybridized carbons (Fsp3) is 1.00. The molecule has 0 spiro atoms. The molecule has 0 saturated carbocycles. The van der Waals surface area contributed by atoms with Gasteiger partial charge in [0.2, 0.25) is 0 Å². The van der Waals surface area contributed by atoms with E-state index >= 15 is 0 Å². The maximum Gasteiger partial charge on any atom is 0.0474 e. The molecular weight excluding hydrogens is 142 g/mol. The first-order valence-electron chi connectivity index (χ1n) is 3.94. The predicted octanol–water partition coefficient (Wildman–Crippen LogP) is -1.85. The van der Waals surface area contributed by atoms with Crippen molar-refractivity contribution in [1.29, 1.82) is 0 Å². The lowest BCUT2D eigenvalue weighted by Gasteiger charge is -2.06. The Morgan fingerprint density at radius 3 is 2.00 bits per heavy atom. The van der Waals surface area contributed by atoms with Crippen LogP contribution in [0.2, 0.25) is 0 Å². The Morgan fingerprint density at radius 2 is 1.45 bits per heavy atom. The van der Waals surface area contributed by atoms with Gasteiger partial charge in [0.25, 0.3) is 0 Å². The minimum Gasteiger partial charge on any atom is -0.318 e. The SMILES string of the molecule is CCNCNCNCNCN. The second kappa shape index (κ2) is 9.80. The summed E-state index contributed by atoms with van der Waals surface area (Å²) in [5, 5.41) is 12.3. The van der Waals surface area contributed by atoms with E-state index in [4.69, 9.17) is 5.73 Å². The van der Waals surface area contributed by atoms with E-state index in [0.717, 1.165) is 26.6 Å². The summed E-state index contributed by atoms with van der Waals surface area (Å²) in [6, 6.07) is 0. The third kappa shape index (κ3) is 9.80. The zero-order valence-electron chi connectivity index (χ0n) is 7.11. The zero-order valence-corrected chi connectivity index (χ0v) is 7.11. The highest BCUT2D eigenvalue weighted by molar-refractivity contribution is 4.43. The third-order valence-electron chi connectivity index (χ3n) is 1.14. The van der Waals surface area contributed by atoms with Gasteiger partial charge in [-0.1, -0.05) is 6.92 Å². The smallest absolute Gasteiger partial charge is 0.0474 e. The van der Waals surface area contributed by atoms with E-state index in [-0.39, 0.29) is 0 Å². The molecule has 6 N–H and O–H groups in total. The Labute approximate surface area is 68.1 Å². The molecule has 0 radical (unpaired) electrons. The molecule has 0 aliphatic carbocycles. The van der Waals surface area contributed by atoms with Gasteiger partial charge in [0.05, 0.1) is 0 Å². The summed E-state index contributed by atoms with van der Waals surface area (Å²) in [7, 11) is 0. The average Bonchev–Trinajstić information content (AvgIpc) is 2.03. The van der Waals surface area contributed by atoms with E-state index in [1.165, 1.54) is 0 Å². The minimum absolute atomic E-state index is 0.514. The minimum atomic E-state index is 0.514. The lowest BCUT2D eigenvalue weighted by atomic mass is 10.7. The maximum atomic E-state index is 5.21. The van der Waals surface area contributed by atoms with Gasteiger partial charge in [-0.15, -0.1) is 0 Å². The maximum absolute atomic E-state index is 5.21. The Hall–Kier alpha value is -0.200. The highest BCUT2D eigenvalue weighted by Gasteiger charge is 1.82. The molecule has 5 heteroatoms. The molecule has 0 aromatic heterocycles. The molecule has 0 aliphatic rings. The highest BCUT2D eigenvalue weighted by atomic mass is 15.2. The molecule has 0 heterocycles. The van der Waals surface area contributed by atoms with Crippen molar-refractivity contribution in [2.75, 3.05) is 33.2 Å². The summed E-state index contributed by atoms with van der Waals surface area (Å²) >= 11 is 0. The average molecular weight is 161 g/mol. The third-order valence-corrected chi connectivity index (χ3v) is 1.14. The zero-order chi connectivity index (χ0) is 8.36. The summed E-state index contributed by atoms with van der Waals surface area (Å²) in [4.78, 5) is 0. The van der Waals surface area contributed by atoms with Gasteiger partial charge in [-0.3, -0.25) is 16.0 Å². The van der Waals surface area contributed by atoms with Gasteiger partial charge in [-0.25, -0.2) is 0 Å². The largest absolute Gasteiger partial charge is 0.318 e. The van der Waals surface area contributed by atoms with Crippen molar-refractivity contribution in [3.8, 4) is 0 Å². The van der Waals surface area contributed by atoms with Gasteiger partial charge >= 0.3 is 0 Å².